The Kier molecular flexibility index (Phi) is 4.74. The predicted molar refractivity (Wildman–Crippen MR) is 118 cm³/mol. The molecule has 0 saturated carbocycles. The van der Waals surface area contributed by atoms with Gasteiger partial charge in [0, 0.05) is 23.6 Å². The highest BCUT2D eigenvalue weighted by atomic mass is 15.1. The molecule has 5 rings (SSSR count). The molecule has 0 radical (unpaired) electrons. The Morgan fingerprint density at radius 3 is 2.76 bits per heavy atom. The van der Waals surface area contributed by atoms with Crippen LogP contribution in [0.5, 0.6) is 0 Å². The number of hydrogen-bond donors (Lipinski definition) is 2. The fourth-order valence-corrected chi connectivity index (χ4v) is 4.19. The van der Waals surface area contributed by atoms with Gasteiger partial charge in [0.25, 0.3) is 0 Å². The number of hydrogen-bond acceptors (Lipinski definition) is 4. The molecule has 5 heteroatoms. The monoisotopic (exact) mass is 383 g/mol. The minimum absolute atomic E-state index is 0.626. The van der Waals surface area contributed by atoms with E-state index in [1.54, 1.807) is 0 Å². The Morgan fingerprint density at radius 1 is 1.03 bits per heavy atom. The third kappa shape index (κ3) is 3.61. The zero-order valence-electron chi connectivity index (χ0n) is 16.6. The van der Waals surface area contributed by atoms with Crippen molar-refractivity contribution in [2.45, 2.75) is 25.7 Å². The lowest BCUT2D eigenvalue weighted by atomic mass is 9.90. The maximum Gasteiger partial charge on any atom is 0.180 e. The summed E-state index contributed by atoms with van der Waals surface area (Å²) < 4.78 is 2.10. The van der Waals surface area contributed by atoms with Crippen LogP contribution < -0.4 is 10.6 Å². The van der Waals surface area contributed by atoms with Crippen molar-refractivity contribution in [3.05, 3.63) is 78.2 Å². The van der Waals surface area contributed by atoms with E-state index in [1.165, 1.54) is 24.0 Å². The molecule has 1 aliphatic rings. The summed E-state index contributed by atoms with van der Waals surface area (Å²) in [4.78, 5) is 9.28. The molecule has 0 atom stereocenters. The Morgan fingerprint density at radius 2 is 1.90 bits per heavy atom. The van der Waals surface area contributed by atoms with E-state index in [2.05, 4.69) is 75.5 Å². The SMILES string of the molecule is Cc1cccc(-c2cnc(Nc3cccc(C4CCNCC4)c3)c3nccn23)c1. The first-order valence-electron chi connectivity index (χ1n) is 10.2. The smallest absolute Gasteiger partial charge is 0.180 e. The Labute approximate surface area is 170 Å². The number of aromatic nitrogens is 3. The summed E-state index contributed by atoms with van der Waals surface area (Å²) in [5, 5.41) is 6.93. The van der Waals surface area contributed by atoms with Gasteiger partial charge in [0.2, 0.25) is 0 Å². The minimum Gasteiger partial charge on any atom is -0.337 e. The first-order valence-corrected chi connectivity index (χ1v) is 10.2. The number of rotatable bonds is 4. The van der Waals surface area contributed by atoms with E-state index < -0.39 is 0 Å². The Bertz CT molecular complexity index is 1140. The fraction of sp³-hybridized carbons (Fsp3) is 0.250. The molecule has 1 saturated heterocycles. The summed E-state index contributed by atoms with van der Waals surface area (Å²) in [7, 11) is 0. The van der Waals surface area contributed by atoms with Gasteiger partial charge in [-0.1, -0.05) is 35.9 Å². The van der Waals surface area contributed by atoms with Crippen LogP contribution in [0.25, 0.3) is 16.9 Å². The Hall–Kier alpha value is -3.18. The van der Waals surface area contributed by atoms with E-state index in [-0.39, 0.29) is 0 Å². The minimum atomic E-state index is 0.626. The van der Waals surface area contributed by atoms with Crippen molar-refractivity contribution >= 4 is 17.2 Å². The number of piperidine rings is 1. The van der Waals surface area contributed by atoms with Crippen LogP contribution in [-0.4, -0.2) is 27.5 Å². The van der Waals surface area contributed by atoms with Crippen molar-refractivity contribution in [1.29, 1.82) is 0 Å². The molecule has 1 aliphatic heterocycles. The number of benzene rings is 2. The van der Waals surface area contributed by atoms with Crippen molar-refractivity contribution in [2.24, 2.45) is 0 Å². The molecule has 29 heavy (non-hydrogen) atoms. The zero-order chi connectivity index (χ0) is 19.6. The van der Waals surface area contributed by atoms with Gasteiger partial charge in [-0.25, -0.2) is 9.97 Å². The van der Waals surface area contributed by atoms with Gasteiger partial charge in [-0.05, 0) is 62.5 Å². The van der Waals surface area contributed by atoms with E-state index in [9.17, 15) is 0 Å². The van der Waals surface area contributed by atoms with Gasteiger partial charge in [0.15, 0.2) is 11.5 Å². The Balaban J connectivity index is 1.48. The van der Waals surface area contributed by atoms with Gasteiger partial charge >= 0.3 is 0 Å². The van der Waals surface area contributed by atoms with Gasteiger partial charge in [0.05, 0.1) is 11.9 Å². The molecule has 2 aromatic carbocycles. The number of nitrogens with zero attached hydrogens (tertiary/aromatic N) is 3. The lowest BCUT2D eigenvalue weighted by Gasteiger charge is -2.23. The number of anilines is 2. The van der Waals surface area contributed by atoms with Gasteiger partial charge in [0.1, 0.15) is 0 Å². The van der Waals surface area contributed by atoms with E-state index in [1.807, 2.05) is 18.6 Å². The van der Waals surface area contributed by atoms with E-state index >= 15 is 0 Å². The molecule has 0 aliphatic carbocycles. The molecule has 0 amide bonds. The third-order valence-corrected chi connectivity index (χ3v) is 5.70. The summed E-state index contributed by atoms with van der Waals surface area (Å²) >= 11 is 0. The molecule has 5 nitrogen and oxygen atoms in total. The molecule has 0 spiro atoms. The standard InChI is InChI=1S/C24H25N5/c1-17-4-2-6-20(14-17)22-16-27-23(24-26-12-13-29(22)24)28-21-7-3-5-19(15-21)18-8-10-25-11-9-18/h2-7,12-16,18,25H,8-11H2,1H3,(H,27,28). The highest BCUT2D eigenvalue weighted by Gasteiger charge is 2.16. The van der Waals surface area contributed by atoms with Crippen molar-refractivity contribution in [2.75, 3.05) is 18.4 Å². The number of nitrogens with one attached hydrogen (secondary N) is 2. The summed E-state index contributed by atoms with van der Waals surface area (Å²) in [5.41, 5.74) is 6.69. The van der Waals surface area contributed by atoms with E-state index in [0.717, 1.165) is 41.5 Å². The molecule has 146 valence electrons. The number of fused-ring (bicyclic) bond motifs is 1. The number of aryl methyl sites for hydroxylation is 1. The second-order valence-corrected chi connectivity index (χ2v) is 7.76. The highest BCUT2D eigenvalue weighted by Crippen LogP contribution is 2.29. The van der Waals surface area contributed by atoms with Gasteiger partial charge in [-0.2, -0.15) is 0 Å². The van der Waals surface area contributed by atoms with Crippen molar-refractivity contribution in [3.63, 3.8) is 0 Å². The van der Waals surface area contributed by atoms with Crippen molar-refractivity contribution in [3.8, 4) is 11.3 Å². The van der Waals surface area contributed by atoms with Crippen LogP contribution in [0.1, 0.15) is 29.9 Å². The average molecular weight is 383 g/mol. The first kappa shape index (κ1) is 17.9. The maximum absolute atomic E-state index is 4.72. The van der Waals surface area contributed by atoms with Crippen LogP contribution in [0.3, 0.4) is 0 Å². The molecular formula is C24H25N5. The average Bonchev–Trinajstić information content (AvgIpc) is 3.25. The van der Waals surface area contributed by atoms with Gasteiger partial charge in [-0.15, -0.1) is 0 Å². The van der Waals surface area contributed by atoms with Crippen LogP contribution >= 0.6 is 0 Å². The molecular weight excluding hydrogens is 358 g/mol. The number of imidazole rings is 1. The highest BCUT2D eigenvalue weighted by molar-refractivity contribution is 5.74. The lowest BCUT2D eigenvalue weighted by Crippen LogP contribution is -2.26. The van der Waals surface area contributed by atoms with Crippen LogP contribution in [0.15, 0.2) is 67.1 Å². The van der Waals surface area contributed by atoms with Gasteiger partial charge < -0.3 is 10.6 Å². The molecule has 0 unspecified atom stereocenters. The van der Waals surface area contributed by atoms with Crippen LogP contribution in [-0.2, 0) is 0 Å². The van der Waals surface area contributed by atoms with Crippen LogP contribution in [0.4, 0.5) is 11.5 Å². The second kappa shape index (κ2) is 7.68. The van der Waals surface area contributed by atoms with E-state index in [4.69, 9.17) is 4.98 Å². The molecule has 1 fully saturated rings. The third-order valence-electron chi connectivity index (χ3n) is 5.70. The lowest BCUT2D eigenvalue weighted by molar-refractivity contribution is 0.460. The summed E-state index contributed by atoms with van der Waals surface area (Å²) in [5.74, 6) is 1.40. The zero-order valence-corrected chi connectivity index (χ0v) is 16.6. The molecule has 3 heterocycles. The maximum atomic E-state index is 4.72. The molecule has 4 aromatic rings. The topological polar surface area (TPSA) is 54.2 Å². The molecule has 0 bridgehead atoms. The predicted octanol–water partition coefficient (Wildman–Crippen LogP) is 4.92. The quantitative estimate of drug-likeness (QED) is 0.525. The first-order chi connectivity index (χ1) is 14.3. The van der Waals surface area contributed by atoms with Gasteiger partial charge in [-0.3, -0.25) is 4.40 Å². The fourth-order valence-electron chi connectivity index (χ4n) is 4.19. The van der Waals surface area contributed by atoms with Crippen molar-refractivity contribution < 1.29 is 0 Å². The summed E-state index contributed by atoms with van der Waals surface area (Å²) in [6, 6.07) is 17.2. The summed E-state index contributed by atoms with van der Waals surface area (Å²) in [6.45, 7) is 4.30. The normalized spacial score (nSPS) is 14.9. The molecule has 2 aromatic heterocycles. The second-order valence-electron chi connectivity index (χ2n) is 7.76. The van der Waals surface area contributed by atoms with Crippen LogP contribution in [0, 0.1) is 6.92 Å². The summed E-state index contributed by atoms with van der Waals surface area (Å²) in [6.07, 6.45) is 8.12. The van der Waals surface area contributed by atoms with E-state index in [0.29, 0.717) is 5.92 Å². The van der Waals surface area contributed by atoms with Crippen molar-refractivity contribution in [1.82, 2.24) is 19.7 Å². The largest absolute Gasteiger partial charge is 0.337 e. The van der Waals surface area contributed by atoms with Crippen LogP contribution in [0.2, 0.25) is 0 Å². The molecule has 2 N–H and O–H groups in total.